The van der Waals surface area contributed by atoms with E-state index in [0.717, 1.165) is 4.47 Å². The third-order valence-electron chi connectivity index (χ3n) is 1.58. The largest absolute Gasteiger partial charge is 0.368 e. The summed E-state index contributed by atoms with van der Waals surface area (Å²) < 4.78 is 2.26. The zero-order chi connectivity index (χ0) is 10.1. The molecule has 0 aliphatic rings. The van der Waals surface area contributed by atoms with E-state index in [1.54, 1.807) is 12.4 Å². The van der Waals surface area contributed by atoms with Crippen molar-refractivity contribution in [3.8, 4) is 5.69 Å². The monoisotopic (exact) mass is 254 g/mol. The Kier molecular flexibility index (Phi) is 2.08. The van der Waals surface area contributed by atoms with Crippen molar-refractivity contribution in [1.29, 1.82) is 0 Å². The van der Waals surface area contributed by atoms with E-state index in [-0.39, 0.29) is 11.9 Å². The molecule has 0 aliphatic heterocycles. The summed E-state index contributed by atoms with van der Waals surface area (Å²) in [6.07, 6.45) is 3.29. The van der Waals surface area contributed by atoms with Crippen molar-refractivity contribution in [2.24, 2.45) is 0 Å². The Hall–Kier alpha value is -1.63. The normalized spacial score (nSPS) is 10.4. The van der Waals surface area contributed by atoms with Crippen LogP contribution in [0.1, 0.15) is 0 Å². The molecule has 2 heterocycles. The maximum atomic E-state index is 5.59. The number of aromatic nitrogens is 4. The van der Waals surface area contributed by atoms with Gasteiger partial charge in [0.25, 0.3) is 0 Å². The molecule has 0 saturated heterocycles. The standard InChI is InChI=1S/C7H7BrN6/c8-4-1-5(3-11-2-4)14-7(10)12-6(9)13-14/h1-3H,(H4,9,10,12,13). The van der Waals surface area contributed by atoms with Crippen LogP contribution in [0.4, 0.5) is 11.9 Å². The highest BCUT2D eigenvalue weighted by molar-refractivity contribution is 9.10. The number of anilines is 2. The van der Waals surface area contributed by atoms with E-state index in [4.69, 9.17) is 11.5 Å². The lowest BCUT2D eigenvalue weighted by atomic mass is 10.4. The molecule has 0 atom stereocenters. The van der Waals surface area contributed by atoms with E-state index in [9.17, 15) is 0 Å². The zero-order valence-electron chi connectivity index (χ0n) is 7.05. The van der Waals surface area contributed by atoms with Gasteiger partial charge in [-0.15, -0.1) is 5.10 Å². The number of rotatable bonds is 1. The molecule has 0 fully saturated rings. The predicted octanol–water partition coefficient (Wildman–Crippen LogP) is 0.589. The van der Waals surface area contributed by atoms with Gasteiger partial charge < -0.3 is 11.5 Å². The number of nitrogen functional groups attached to an aromatic ring is 2. The van der Waals surface area contributed by atoms with Crippen LogP contribution in [0.2, 0.25) is 0 Å². The highest BCUT2D eigenvalue weighted by Gasteiger charge is 2.06. The third kappa shape index (κ3) is 1.53. The third-order valence-corrected chi connectivity index (χ3v) is 2.02. The van der Waals surface area contributed by atoms with Crippen LogP contribution in [0.5, 0.6) is 0 Å². The van der Waals surface area contributed by atoms with Gasteiger partial charge in [0.2, 0.25) is 11.9 Å². The molecule has 0 radical (unpaired) electrons. The Morgan fingerprint density at radius 1 is 1.29 bits per heavy atom. The minimum absolute atomic E-state index is 0.141. The van der Waals surface area contributed by atoms with Gasteiger partial charge in [-0.2, -0.15) is 9.67 Å². The van der Waals surface area contributed by atoms with Crippen LogP contribution in [0.15, 0.2) is 22.9 Å². The van der Waals surface area contributed by atoms with Crippen molar-refractivity contribution in [1.82, 2.24) is 19.7 Å². The van der Waals surface area contributed by atoms with Crippen LogP contribution in [0.3, 0.4) is 0 Å². The van der Waals surface area contributed by atoms with E-state index in [1.165, 1.54) is 4.68 Å². The van der Waals surface area contributed by atoms with E-state index < -0.39 is 0 Å². The van der Waals surface area contributed by atoms with Gasteiger partial charge in [-0.25, -0.2) is 0 Å². The molecular formula is C7H7BrN6. The topological polar surface area (TPSA) is 95.6 Å². The summed E-state index contributed by atoms with van der Waals surface area (Å²) in [6, 6.07) is 1.82. The number of nitrogens with two attached hydrogens (primary N) is 2. The first-order chi connectivity index (χ1) is 6.66. The fourth-order valence-electron chi connectivity index (χ4n) is 1.05. The highest BCUT2D eigenvalue weighted by Crippen LogP contribution is 2.15. The Bertz CT molecular complexity index is 465. The molecule has 2 aromatic rings. The van der Waals surface area contributed by atoms with E-state index in [0.29, 0.717) is 5.69 Å². The molecule has 0 saturated carbocycles. The SMILES string of the molecule is Nc1nc(N)n(-c2cncc(Br)c2)n1. The molecule has 14 heavy (non-hydrogen) atoms. The van der Waals surface area contributed by atoms with Crippen LogP contribution in [0, 0.1) is 0 Å². The lowest BCUT2D eigenvalue weighted by molar-refractivity contribution is 0.887. The lowest BCUT2D eigenvalue weighted by Crippen LogP contribution is -2.02. The van der Waals surface area contributed by atoms with Crippen LogP contribution in [0.25, 0.3) is 5.69 Å². The summed E-state index contributed by atoms with van der Waals surface area (Å²) in [6.45, 7) is 0. The fraction of sp³-hybridized carbons (Fsp3) is 0. The van der Waals surface area contributed by atoms with Crippen molar-refractivity contribution in [2.45, 2.75) is 0 Å². The second kappa shape index (κ2) is 3.26. The first-order valence-corrected chi connectivity index (χ1v) is 4.55. The van der Waals surface area contributed by atoms with Gasteiger partial charge in [-0.1, -0.05) is 0 Å². The minimum Gasteiger partial charge on any atom is -0.368 e. The van der Waals surface area contributed by atoms with Gasteiger partial charge in [0.1, 0.15) is 0 Å². The molecular weight excluding hydrogens is 248 g/mol. The number of hydrogen-bond donors (Lipinski definition) is 2. The molecule has 0 amide bonds. The second-order valence-corrected chi connectivity index (χ2v) is 3.52. The Morgan fingerprint density at radius 2 is 2.07 bits per heavy atom. The first-order valence-electron chi connectivity index (χ1n) is 3.76. The first kappa shape index (κ1) is 8.95. The molecule has 0 aromatic carbocycles. The summed E-state index contributed by atoms with van der Waals surface area (Å²) in [5, 5.41) is 3.92. The number of hydrogen-bond acceptors (Lipinski definition) is 5. The fourth-order valence-corrected chi connectivity index (χ4v) is 1.40. The summed E-state index contributed by atoms with van der Waals surface area (Å²) in [5.74, 6) is 0.380. The quantitative estimate of drug-likeness (QED) is 0.777. The van der Waals surface area contributed by atoms with Gasteiger partial charge in [0.15, 0.2) is 0 Å². The van der Waals surface area contributed by atoms with Crippen LogP contribution < -0.4 is 11.5 Å². The molecule has 7 heteroatoms. The summed E-state index contributed by atoms with van der Waals surface area (Å²) in [4.78, 5) is 7.76. The molecule has 2 aromatic heterocycles. The van der Waals surface area contributed by atoms with Crippen molar-refractivity contribution in [3.63, 3.8) is 0 Å². The minimum atomic E-state index is 0.141. The molecule has 0 bridgehead atoms. The van der Waals surface area contributed by atoms with Crippen molar-refractivity contribution in [2.75, 3.05) is 11.5 Å². The number of halogens is 1. The second-order valence-electron chi connectivity index (χ2n) is 2.60. The Labute approximate surface area is 88.1 Å². The molecule has 0 aliphatic carbocycles. The van der Waals surface area contributed by atoms with Gasteiger partial charge in [0.05, 0.1) is 11.9 Å². The molecule has 72 valence electrons. The average Bonchev–Trinajstić information content (AvgIpc) is 2.45. The predicted molar refractivity (Wildman–Crippen MR) is 55.7 cm³/mol. The summed E-state index contributed by atoms with van der Waals surface area (Å²) in [5.41, 5.74) is 11.7. The highest BCUT2D eigenvalue weighted by atomic mass is 79.9. The molecule has 0 unspecified atom stereocenters. The van der Waals surface area contributed by atoms with Crippen molar-refractivity contribution in [3.05, 3.63) is 22.9 Å². The maximum Gasteiger partial charge on any atom is 0.241 e. The summed E-state index contributed by atoms with van der Waals surface area (Å²) >= 11 is 3.29. The van der Waals surface area contributed by atoms with Crippen molar-refractivity contribution < 1.29 is 0 Å². The lowest BCUT2D eigenvalue weighted by Gasteiger charge is -2.01. The molecule has 2 rings (SSSR count). The van der Waals surface area contributed by atoms with Gasteiger partial charge in [-0.05, 0) is 22.0 Å². The van der Waals surface area contributed by atoms with E-state index >= 15 is 0 Å². The van der Waals surface area contributed by atoms with E-state index in [2.05, 4.69) is 31.0 Å². The van der Waals surface area contributed by atoms with Crippen molar-refractivity contribution >= 4 is 27.8 Å². The molecule has 0 spiro atoms. The van der Waals surface area contributed by atoms with E-state index in [1.807, 2.05) is 6.07 Å². The molecule has 6 nitrogen and oxygen atoms in total. The molecule has 4 N–H and O–H groups in total. The smallest absolute Gasteiger partial charge is 0.241 e. The van der Waals surface area contributed by atoms with Crippen LogP contribution in [-0.4, -0.2) is 19.7 Å². The van der Waals surface area contributed by atoms with Gasteiger partial charge in [-0.3, -0.25) is 4.98 Å². The summed E-state index contributed by atoms with van der Waals surface area (Å²) in [7, 11) is 0. The Morgan fingerprint density at radius 3 is 2.64 bits per heavy atom. The number of nitrogens with zero attached hydrogens (tertiary/aromatic N) is 4. The average molecular weight is 255 g/mol. The van der Waals surface area contributed by atoms with Gasteiger partial charge >= 0.3 is 0 Å². The maximum absolute atomic E-state index is 5.59. The van der Waals surface area contributed by atoms with Gasteiger partial charge in [0, 0.05) is 10.7 Å². The van der Waals surface area contributed by atoms with Crippen LogP contribution >= 0.6 is 15.9 Å². The number of pyridine rings is 1. The van der Waals surface area contributed by atoms with Crippen LogP contribution in [-0.2, 0) is 0 Å². The Balaban J connectivity index is 2.54. The zero-order valence-corrected chi connectivity index (χ0v) is 8.64.